The lowest BCUT2D eigenvalue weighted by atomic mass is 9.98. The number of piperazine rings is 1. The number of hydrogen-bond donors (Lipinski definition) is 1. The molecule has 2 amide bonds. The van der Waals surface area contributed by atoms with Crippen molar-refractivity contribution in [3.63, 3.8) is 0 Å². The Morgan fingerprint density at radius 3 is 2.53 bits per heavy atom. The molecule has 1 saturated carbocycles. The Balaban J connectivity index is 2.15. The zero-order valence-electron chi connectivity index (χ0n) is 9.54. The minimum absolute atomic E-state index is 0.0431. The maximum Gasteiger partial charge on any atom is 0.248 e. The second-order valence-electron chi connectivity index (χ2n) is 5.18. The summed E-state index contributed by atoms with van der Waals surface area (Å²) in [5.41, 5.74) is -0.738. The molecule has 2 fully saturated rings. The SMILES string of the molecule is CC(C1CC1)N1CC(=O)NC(C)(C)C1=O. The van der Waals surface area contributed by atoms with Gasteiger partial charge in [0, 0.05) is 6.04 Å². The van der Waals surface area contributed by atoms with E-state index in [0.717, 1.165) is 0 Å². The van der Waals surface area contributed by atoms with Crippen molar-refractivity contribution in [2.45, 2.75) is 45.2 Å². The van der Waals surface area contributed by atoms with Gasteiger partial charge in [0.1, 0.15) is 5.54 Å². The van der Waals surface area contributed by atoms with Crippen LogP contribution < -0.4 is 5.32 Å². The Morgan fingerprint density at radius 1 is 1.40 bits per heavy atom. The van der Waals surface area contributed by atoms with Gasteiger partial charge in [0.05, 0.1) is 6.54 Å². The Labute approximate surface area is 90.0 Å². The standard InChI is InChI=1S/C11H18N2O2/c1-7(8-4-5-8)13-6-9(14)12-11(2,3)10(13)15/h7-8H,4-6H2,1-3H3,(H,12,14). The fourth-order valence-electron chi connectivity index (χ4n) is 2.19. The molecule has 0 aromatic carbocycles. The molecule has 2 rings (SSSR count). The molecule has 0 aromatic rings. The molecular weight excluding hydrogens is 192 g/mol. The highest BCUT2D eigenvalue weighted by Gasteiger charge is 2.44. The summed E-state index contributed by atoms with van der Waals surface area (Å²) in [6.45, 7) is 5.79. The molecule has 84 valence electrons. The van der Waals surface area contributed by atoms with E-state index in [1.165, 1.54) is 12.8 Å². The Morgan fingerprint density at radius 2 is 2.00 bits per heavy atom. The van der Waals surface area contributed by atoms with E-state index in [1.54, 1.807) is 18.7 Å². The van der Waals surface area contributed by atoms with Crippen molar-refractivity contribution in [2.24, 2.45) is 5.92 Å². The van der Waals surface area contributed by atoms with Crippen LogP contribution >= 0.6 is 0 Å². The van der Waals surface area contributed by atoms with Gasteiger partial charge in [-0.3, -0.25) is 9.59 Å². The summed E-state index contributed by atoms with van der Waals surface area (Å²) in [5, 5.41) is 2.72. The molecule has 0 spiro atoms. The van der Waals surface area contributed by atoms with Gasteiger partial charge >= 0.3 is 0 Å². The van der Waals surface area contributed by atoms with Gasteiger partial charge < -0.3 is 10.2 Å². The third kappa shape index (κ3) is 1.85. The molecule has 0 bridgehead atoms. The van der Waals surface area contributed by atoms with E-state index >= 15 is 0 Å². The van der Waals surface area contributed by atoms with E-state index < -0.39 is 5.54 Å². The van der Waals surface area contributed by atoms with Crippen LogP contribution in [0.2, 0.25) is 0 Å². The summed E-state index contributed by atoms with van der Waals surface area (Å²) in [4.78, 5) is 25.3. The first-order valence-electron chi connectivity index (χ1n) is 5.54. The first-order valence-corrected chi connectivity index (χ1v) is 5.54. The lowest BCUT2D eigenvalue weighted by Crippen LogP contribution is -2.65. The third-order valence-electron chi connectivity index (χ3n) is 3.36. The molecule has 1 saturated heterocycles. The maximum atomic E-state index is 12.1. The second-order valence-corrected chi connectivity index (χ2v) is 5.18. The lowest BCUT2D eigenvalue weighted by Gasteiger charge is -2.40. The van der Waals surface area contributed by atoms with Crippen LogP contribution in [-0.2, 0) is 9.59 Å². The number of carbonyl (C=O) groups is 2. The fourth-order valence-corrected chi connectivity index (χ4v) is 2.19. The van der Waals surface area contributed by atoms with Crippen molar-refractivity contribution in [2.75, 3.05) is 6.54 Å². The van der Waals surface area contributed by atoms with E-state index in [2.05, 4.69) is 5.32 Å². The fraction of sp³-hybridized carbons (Fsp3) is 0.818. The second kappa shape index (κ2) is 3.22. The van der Waals surface area contributed by atoms with Gasteiger partial charge in [-0.15, -0.1) is 0 Å². The van der Waals surface area contributed by atoms with Crippen LogP contribution in [0.4, 0.5) is 0 Å². The van der Waals surface area contributed by atoms with Crippen LogP contribution in [0.1, 0.15) is 33.6 Å². The van der Waals surface area contributed by atoms with Crippen molar-refractivity contribution in [1.82, 2.24) is 10.2 Å². The summed E-state index contributed by atoms with van der Waals surface area (Å²) in [6, 6.07) is 0.211. The topological polar surface area (TPSA) is 49.4 Å². The number of carbonyl (C=O) groups excluding carboxylic acids is 2. The first kappa shape index (κ1) is 10.5. The number of amides is 2. The molecule has 1 N–H and O–H groups in total. The summed E-state index contributed by atoms with van der Waals surface area (Å²) < 4.78 is 0. The average molecular weight is 210 g/mol. The van der Waals surface area contributed by atoms with Gasteiger partial charge in [0.15, 0.2) is 0 Å². The number of nitrogens with zero attached hydrogens (tertiary/aromatic N) is 1. The molecule has 4 heteroatoms. The quantitative estimate of drug-likeness (QED) is 0.722. The van der Waals surface area contributed by atoms with Crippen molar-refractivity contribution in [1.29, 1.82) is 0 Å². The average Bonchev–Trinajstić information content (AvgIpc) is 2.92. The van der Waals surface area contributed by atoms with Crippen LogP contribution in [0.5, 0.6) is 0 Å². The van der Waals surface area contributed by atoms with Crippen molar-refractivity contribution < 1.29 is 9.59 Å². The molecule has 2 aliphatic rings. The number of nitrogens with one attached hydrogen (secondary N) is 1. The molecule has 0 radical (unpaired) electrons. The minimum Gasteiger partial charge on any atom is -0.341 e. The molecule has 15 heavy (non-hydrogen) atoms. The van der Waals surface area contributed by atoms with Crippen molar-refractivity contribution in [3.05, 3.63) is 0 Å². The highest BCUT2D eigenvalue weighted by molar-refractivity contribution is 5.97. The molecule has 0 aromatic heterocycles. The Kier molecular flexibility index (Phi) is 2.24. The predicted octanol–water partition coefficient (Wildman–Crippen LogP) is 0.522. The zero-order valence-corrected chi connectivity index (χ0v) is 9.54. The molecule has 1 atom stereocenters. The Bertz CT molecular complexity index is 308. The van der Waals surface area contributed by atoms with Gasteiger partial charge in [-0.2, -0.15) is 0 Å². The predicted molar refractivity (Wildman–Crippen MR) is 56.1 cm³/mol. The smallest absolute Gasteiger partial charge is 0.248 e. The van der Waals surface area contributed by atoms with Crippen LogP contribution in [0.25, 0.3) is 0 Å². The molecular formula is C11H18N2O2. The van der Waals surface area contributed by atoms with E-state index in [0.29, 0.717) is 5.92 Å². The van der Waals surface area contributed by atoms with Crippen LogP contribution in [0, 0.1) is 5.92 Å². The lowest BCUT2D eigenvalue weighted by molar-refractivity contribution is -0.150. The molecule has 4 nitrogen and oxygen atoms in total. The Hall–Kier alpha value is -1.06. The van der Waals surface area contributed by atoms with Gasteiger partial charge in [0.2, 0.25) is 11.8 Å². The van der Waals surface area contributed by atoms with Gasteiger partial charge in [0.25, 0.3) is 0 Å². The summed E-state index contributed by atoms with van der Waals surface area (Å²) in [5.74, 6) is 0.601. The highest BCUT2D eigenvalue weighted by atomic mass is 16.2. The summed E-state index contributed by atoms with van der Waals surface area (Å²) in [6.07, 6.45) is 2.37. The molecule has 1 heterocycles. The summed E-state index contributed by atoms with van der Waals surface area (Å²) >= 11 is 0. The van der Waals surface area contributed by atoms with Crippen molar-refractivity contribution >= 4 is 11.8 Å². The maximum absolute atomic E-state index is 12.1. The van der Waals surface area contributed by atoms with Crippen molar-refractivity contribution in [3.8, 4) is 0 Å². The van der Waals surface area contributed by atoms with E-state index in [1.807, 2.05) is 6.92 Å². The normalized spacial score (nSPS) is 27.5. The van der Waals surface area contributed by atoms with Gasteiger partial charge in [-0.25, -0.2) is 0 Å². The van der Waals surface area contributed by atoms with Crippen LogP contribution in [0.3, 0.4) is 0 Å². The molecule has 1 aliphatic heterocycles. The third-order valence-corrected chi connectivity index (χ3v) is 3.36. The van der Waals surface area contributed by atoms with Crippen LogP contribution in [-0.4, -0.2) is 34.8 Å². The largest absolute Gasteiger partial charge is 0.341 e. The highest BCUT2D eigenvalue weighted by Crippen LogP contribution is 2.36. The van der Waals surface area contributed by atoms with Crippen LogP contribution in [0.15, 0.2) is 0 Å². The molecule has 1 unspecified atom stereocenters. The van der Waals surface area contributed by atoms with Gasteiger partial charge in [-0.05, 0) is 39.5 Å². The monoisotopic (exact) mass is 210 g/mol. The summed E-state index contributed by atoms with van der Waals surface area (Å²) in [7, 11) is 0. The number of rotatable bonds is 2. The van der Waals surface area contributed by atoms with Gasteiger partial charge in [-0.1, -0.05) is 0 Å². The van der Waals surface area contributed by atoms with E-state index in [-0.39, 0.29) is 24.4 Å². The van der Waals surface area contributed by atoms with E-state index in [9.17, 15) is 9.59 Å². The molecule has 1 aliphatic carbocycles. The zero-order chi connectivity index (χ0) is 11.2. The van der Waals surface area contributed by atoms with E-state index in [4.69, 9.17) is 0 Å². The minimum atomic E-state index is -0.738. The first-order chi connectivity index (χ1) is 6.92. The number of hydrogen-bond acceptors (Lipinski definition) is 2.